The molecule has 128 valence electrons. The lowest BCUT2D eigenvalue weighted by Crippen LogP contribution is -2.38. The van der Waals surface area contributed by atoms with Crippen LogP contribution in [-0.4, -0.2) is 19.6 Å². The van der Waals surface area contributed by atoms with Crippen molar-refractivity contribution in [1.29, 1.82) is 0 Å². The first-order valence-electron chi connectivity index (χ1n) is 9.03. The molecule has 2 aromatic heterocycles. The Morgan fingerprint density at radius 2 is 1.31 bits per heavy atom. The summed E-state index contributed by atoms with van der Waals surface area (Å²) in [6, 6.07) is 25.4. The van der Waals surface area contributed by atoms with Gasteiger partial charge in [0.05, 0.1) is 16.6 Å². The first-order valence-corrected chi connectivity index (χ1v) is 9.03. The van der Waals surface area contributed by atoms with Crippen molar-refractivity contribution < 1.29 is 0 Å². The molecule has 0 aliphatic rings. The molecule has 0 spiro atoms. The minimum atomic E-state index is -0.362. The molecule has 0 amide bonds. The molecule has 0 N–H and O–H groups in total. The van der Waals surface area contributed by atoms with Crippen molar-refractivity contribution in [2.24, 2.45) is 0 Å². The van der Waals surface area contributed by atoms with Crippen LogP contribution in [0.4, 0.5) is 0 Å². The van der Waals surface area contributed by atoms with Crippen LogP contribution in [-0.2, 0) is 5.66 Å². The maximum Gasteiger partial charge on any atom is 0.137 e. The SMILES string of the molecule is CCC(C)(n1nnc2ccccc21)n1c2ccccc2c2ccccc21. The Kier molecular flexibility index (Phi) is 3.16. The normalized spacial score (nSPS) is 14.2. The third-order valence-electron chi connectivity index (χ3n) is 5.54. The Balaban J connectivity index is 1.92. The predicted molar refractivity (Wildman–Crippen MR) is 106 cm³/mol. The average Bonchev–Trinajstić information content (AvgIpc) is 3.27. The van der Waals surface area contributed by atoms with E-state index in [2.05, 4.69) is 88.0 Å². The van der Waals surface area contributed by atoms with E-state index in [4.69, 9.17) is 0 Å². The van der Waals surface area contributed by atoms with Gasteiger partial charge < -0.3 is 4.57 Å². The van der Waals surface area contributed by atoms with Crippen molar-refractivity contribution in [2.45, 2.75) is 25.9 Å². The van der Waals surface area contributed by atoms with Gasteiger partial charge in [-0.3, -0.25) is 0 Å². The van der Waals surface area contributed by atoms with Gasteiger partial charge in [0.15, 0.2) is 0 Å². The molecule has 0 radical (unpaired) electrons. The summed E-state index contributed by atoms with van der Waals surface area (Å²) in [5, 5.41) is 11.5. The van der Waals surface area contributed by atoms with Gasteiger partial charge in [-0.25, -0.2) is 4.68 Å². The number of hydrogen-bond donors (Lipinski definition) is 0. The standard InChI is InChI=1S/C22H20N4/c1-3-22(2,26-21-15-9-6-12-18(21)23-24-26)25-19-13-7-4-10-16(19)17-11-5-8-14-20(17)25/h4-15H,3H2,1-2H3. The molecule has 1 atom stereocenters. The van der Waals surface area contributed by atoms with Crippen molar-refractivity contribution in [3.8, 4) is 0 Å². The van der Waals surface area contributed by atoms with Crippen LogP contribution in [0.5, 0.6) is 0 Å². The third kappa shape index (κ3) is 1.90. The van der Waals surface area contributed by atoms with Crippen LogP contribution >= 0.6 is 0 Å². The molecule has 0 bridgehead atoms. The van der Waals surface area contributed by atoms with Crippen LogP contribution in [0.2, 0.25) is 0 Å². The summed E-state index contributed by atoms with van der Waals surface area (Å²) in [7, 11) is 0. The zero-order chi connectivity index (χ0) is 17.7. The van der Waals surface area contributed by atoms with E-state index >= 15 is 0 Å². The van der Waals surface area contributed by atoms with E-state index in [0.717, 1.165) is 17.5 Å². The van der Waals surface area contributed by atoms with E-state index < -0.39 is 0 Å². The maximum atomic E-state index is 4.55. The largest absolute Gasteiger partial charge is 0.315 e. The number of fused-ring (bicyclic) bond motifs is 4. The second-order valence-electron chi connectivity index (χ2n) is 6.93. The fourth-order valence-corrected chi connectivity index (χ4v) is 4.07. The lowest BCUT2D eigenvalue weighted by molar-refractivity contribution is 0.240. The molecule has 5 aromatic rings. The van der Waals surface area contributed by atoms with Gasteiger partial charge in [-0.05, 0) is 37.6 Å². The first-order chi connectivity index (χ1) is 12.7. The Bertz CT molecular complexity index is 1190. The summed E-state index contributed by atoms with van der Waals surface area (Å²) in [6.45, 7) is 4.45. The fraction of sp³-hybridized carbons (Fsp3) is 0.182. The van der Waals surface area contributed by atoms with Gasteiger partial charge in [0.25, 0.3) is 0 Å². The van der Waals surface area contributed by atoms with Crippen LogP contribution in [0.25, 0.3) is 32.8 Å². The van der Waals surface area contributed by atoms with E-state index in [-0.39, 0.29) is 5.66 Å². The molecule has 4 nitrogen and oxygen atoms in total. The highest BCUT2D eigenvalue weighted by molar-refractivity contribution is 6.08. The minimum absolute atomic E-state index is 0.362. The van der Waals surface area contributed by atoms with E-state index in [9.17, 15) is 0 Å². The number of para-hydroxylation sites is 3. The van der Waals surface area contributed by atoms with Gasteiger partial charge in [-0.2, -0.15) is 0 Å². The zero-order valence-electron chi connectivity index (χ0n) is 14.9. The van der Waals surface area contributed by atoms with Crippen LogP contribution in [0, 0.1) is 0 Å². The smallest absolute Gasteiger partial charge is 0.137 e. The second-order valence-corrected chi connectivity index (χ2v) is 6.93. The number of nitrogens with zero attached hydrogens (tertiary/aromatic N) is 4. The fourth-order valence-electron chi connectivity index (χ4n) is 4.07. The van der Waals surface area contributed by atoms with Crippen LogP contribution in [0.3, 0.4) is 0 Å². The van der Waals surface area contributed by atoms with E-state index in [1.54, 1.807) is 0 Å². The minimum Gasteiger partial charge on any atom is -0.315 e. The van der Waals surface area contributed by atoms with Crippen molar-refractivity contribution >= 4 is 32.8 Å². The van der Waals surface area contributed by atoms with Gasteiger partial charge in [-0.15, -0.1) is 5.10 Å². The van der Waals surface area contributed by atoms with Crippen LogP contribution in [0.15, 0.2) is 72.8 Å². The molecule has 4 heteroatoms. The Labute approximate surface area is 151 Å². The van der Waals surface area contributed by atoms with Crippen molar-refractivity contribution in [3.05, 3.63) is 72.8 Å². The molecule has 0 saturated heterocycles. The lowest BCUT2D eigenvalue weighted by Gasteiger charge is -2.33. The van der Waals surface area contributed by atoms with E-state index in [1.807, 2.05) is 18.2 Å². The zero-order valence-corrected chi connectivity index (χ0v) is 14.9. The summed E-state index contributed by atoms with van der Waals surface area (Å²) in [5.41, 5.74) is 4.06. The van der Waals surface area contributed by atoms with Gasteiger partial charge in [0, 0.05) is 10.8 Å². The lowest BCUT2D eigenvalue weighted by atomic mass is 10.1. The maximum absolute atomic E-state index is 4.55. The van der Waals surface area contributed by atoms with Crippen molar-refractivity contribution in [1.82, 2.24) is 19.6 Å². The van der Waals surface area contributed by atoms with Crippen molar-refractivity contribution in [3.63, 3.8) is 0 Å². The number of benzene rings is 3. The van der Waals surface area contributed by atoms with Gasteiger partial charge in [-0.1, -0.05) is 60.7 Å². The van der Waals surface area contributed by atoms with E-state index in [1.165, 1.54) is 21.8 Å². The van der Waals surface area contributed by atoms with Crippen LogP contribution < -0.4 is 0 Å². The molecule has 5 rings (SSSR count). The molecule has 0 saturated carbocycles. The quantitative estimate of drug-likeness (QED) is 0.454. The first kappa shape index (κ1) is 15.1. The molecule has 26 heavy (non-hydrogen) atoms. The molecule has 0 aliphatic heterocycles. The molecular formula is C22H20N4. The highest BCUT2D eigenvalue weighted by atomic mass is 15.5. The topological polar surface area (TPSA) is 35.6 Å². The molecular weight excluding hydrogens is 320 g/mol. The highest BCUT2D eigenvalue weighted by Crippen LogP contribution is 2.37. The third-order valence-corrected chi connectivity index (χ3v) is 5.54. The molecule has 1 unspecified atom stereocenters. The Morgan fingerprint density at radius 3 is 1.92 bits per heavy atom. The molecule has 0 fully saturated rings. The van der Waals surface area contributed by atoms with Gasteiger partial charge >= 0.3 is 0 Å². The Morgan fingerprint density at radius 1 is 0.769 bits per heavy atom. The molecule has 2 heterocycles. The van der Waals surface area contributed by atoms with Crippen LogP contribution in [0.1, 0.15) is 20.3 Å². The summed E-state index contributed by atoms with van der Waals surface area (Å²) in [6.07, 6.45) is 0.892. The predicted octanol–water partition coefficient (Wildman–Crippen LogP) is 5.17. The van der Waals surface area contributed by atoms with Crippen molar-refractivity contribution in [2.75, 3.05) is 0 Å². The highest BCUT2D eigenvalue weighted by Gasteiger charge is 2.32. The molecule has 0 aliphatic carbocycles. The summed E-state index contributed by atoms with van der Waals surface area (Å²) < 4.78 is 4.49. The van der Waals surface area contributed by atoms with Gasteiger partial charge in [0.1, 0.15) is 11.2 Å². The summed E-state index contributed by atoms with van der Waals surface area (Å²) >= 11 is 0. The second kappa shape index (κ2) is 5.43. The molecule has 3 aromatic carbocycles. The number of hydrogen-bond acceptors (Lipinski definition) is 2. The Hall–Kier alpha value is -3.14. The van der Waals surface area contributed by atoms with Gasteiger partial charge in [0.2, 0.25) is 0 Å². The average molecular weight is 340 g/mol. The monoisotopic (exact) mass is 340 g/mol. The summed E-state index contributed by atoms with van der Waals surface area (Å²) in [4.78, 5) is 0. The number of aromatic nitrogens is 4. The summed E-state index contributed by atoms with van der Waals surface area (Å²) in [5.74, 6) is 0. The number of rotatable bonds is 3. The van der Waals surface area contributed by atoms with E-state index in [0.29, 0.717) is 0 Å².